The number of piperidine rings is 3. The average Bonchev–Trinajstić information content (AvgIpc) is 2.61. The van der Waals surface area contributed by atoms with Gasteiger partial charge in [0.05, 0.1) is 0 Å². The normalized spacial score (nSPS) is 31.4. The molecule has 4 rings (SSSR count). The summed E-state index contributed by atoms with van der Waals surface area (Å²) < 4.78 is 0. The molecule has 0 aromatic heterocycles. The van der Waals surface area contributed by atoms with Crippen molar-refractivity contribution >= 4 is 23.4 Å². The van der Waals surface area contributed by atoms with Gasteiger partial charge in [0.1, 0.15) is 6.04 Å². The third kappa shape index (κ3) is 3.27. The highest BCUT2D eigenvalue weighted by Gasteiger charge is 2.50. The molecule has 2 N–H and O–H groups in total. The summed E-state index contributed by atoms with van der Waals surface area (Å²) in [6, 6.07) is 7.37. The van der Waals surface area contributed by atoms with Gasteiger partial charge in [-0.3, -0.25) is 9.59 Å². The Hall–Kier alpha value is -1.59. The minimum absolute atomic E-state index is 0.0348. The zero-order valence-corrected chi connectivity index (χ0v) is 15.0. The fourth-order valence-corrected chi connectivity index (χ4v) is 5.00. The fourth-order valence-electron chi connectivity index (χ4n) is 4.79. The minimum atomic E-state index is -0.346. The number of hydrogen-bond donors (Lipinski definition) is 2. The van der Waals surface area contributed by atoms with Gasteiger partial charge in [0.25, 0.3) is 0 Å². The number of benzene rings is 1. The summed E-state index contributed by atoms with van der Waals surface area (Å²) in [6.07, 6.45) is 3.57. The van der Waals surface area contributed by atoms with Crippen molar-refractivity contribution in [1.82, 2.24) is 15.5 Å². The molecule has 3 heterocycles. The smallest absolute Gasteiger partial charge is 0.243 e. The molecule has 3 fully saturated rings. The van der Waals surface area contributed by atoms with Gasteiger partial charge < -0.3 is 15.5 Å². The number of amides is 2. The standard InChI is InChI=1S/C19H24ClN3O2/c20-15-4-1-3-12(7-15)9-22-19(25)18-14-8-13(10-21-11-14)16-5-2-6-17(24)23(16)18/h1,3-4,7,13-14,16,18,21H,2,5-6,8-11H2,(H,22,25)/t13-,14+,16+,18-/m1/s1. The molecule has 0 spiro atoms. The van der Waals surface area contributed by atoms with Crippen LogP contribution in [-0.2, 0) is 16.1 Å². The van der Waals surface area contributed by atoms with Gasteiger partial charge >= 0.3 is 0 Å². The lowest BCUT2D eigenvalue weighted by atomic mass is 9.72. The molecule has 1 aromatic rings. The monoisotopic (exact) mass is 361 g/mol. The van der Waals surface area contributed by atoms with Crippen molar-refractivity contribution in [3.8, 4) is 0 Å². The molecule has 3 saturated heterocycles. The molecule has 2 bridgehead atoms. The van der Waals surface area contributed by atoms with Gasteiger partial charge in [-0.2, -0.15) is 0 Å². The Morgan fingerprint density at radius 3 is 3.00 bits per heavy atom. The highest BCUT2D eigenvalue weighted by Crippen LogP contribution is 2.39. The Kier molecular flexibility index (Phi) is 4.69. The van der Waals surface area contributed by atoms with Crippen molar-refractivity contribution < 1.29 is 9.59 Å². The van der Waals surface area contributed by atoms with E-state index in [2.05, 4.69) is 10.6 Å². The minimum Gasteiger partial charge on any atom is -0.350 e. The van der Waals surface area contributed by atoms with E-state index in [-0.39, 0.29) is 29.8 Å². The van der Waals surface area contributed by atoms with Crippen LogP contribution in [0.3, 0.4) is 0 Å². The SMILES string of the molecule is O=C(NCc1cccc(Cl)c1)[C@H]1[C@@H]2CNC[C@@H](C2)[C@@H]2CCCC(=O)N21. The van der Waals surface area contributed by atoms with Crippen LogP contribution in [0.15, 0.2) is 24.3 Å². The predicted octanol–water partition coefficient (Wildman–Crippen LogP) is 1.95. The van der Waals surface area contributed by atoms with E-state index in [4.69, 9.17) is 11.6 Å². The number of carbonyl (C=O) groups is 2. The second-order valence-corrected chi connectivity index (χ2v) is 7.90. The van der Waals surface area contributed by atoms with Crippen LogP contribution >= 0.6 is 11.6 Å². The van der Waals surface area contributed by atoms with Gasteiger partial charge in [0, 0.05) is 36.5 Å². The van der Waals surface area contributed by atoms with E-state index in [1.807, 2.05) is 29.2 Å². The number of hydrogen-bond acceptors (Lipinski definition) is 3. The molecule has 4 atom stereocenters. The van der Waals surface area contributed by atoms with Crippen LogP contribution in [0, 0.1) is 11.8 Å². The summed E-state index contributed by atoms with van der Waals surface area (Å²) in [7, 11) is 0. The Balaban J connectivity index is 1.51. The molecule has 2 amide bonds. The van der Waals surface area contributed by atoms with Crippen molar-refractivity contribution in [2.24, 2.45) is 11.8 Å². The first-order chi connectivity index (χ1) is 12.1. The van der Waals surface area contributed by atoms with E-state index in [1.54, 1.807) is 0 Å². The van der Waals surface area contributed by atoms with Crippen molar-refractivity contribution in [2.45, 2.75) is 44.3 Å². The lowest BCUT2D eigenvalue weighted by molar-refractivity contribution is -0.157. The van der Waals surface area contributed by atoms with Crippen LogP contribution in [0.2, 0.25) is 5.02 Å². The van der Waals surface area contributed by atoms with E-state index in [0.717, 1.165) is 37.9 Å². The van der Waals surface area contributed by atoms with Crippen molar-refractivity contribution in [3.63, 3.8) is 0 Å². The average molecular weight is 362 g/mol. The lowest BCUT2D eigenvalue weighted by Gasteiger charge is -2.53. The van der Waals surface area contributed by atoms with Crippen molar-refractivity contribution in [2.75, 3.05) is 13.1 Å². The Bertz CT molecular complexity index is 680. The van der Waals surface area contributed by atoms with Crippen LogP contribution in [0.1, 0.15) is 31.2 Å². The third-order valence-electron chi connectivity index (χ3n) is 5.87. The van der Waals surface area contributed by atoms with Crippen LogP contribution in [0.25, 0.3) is 0 Å². The summed E-state index contributed by atoms with van der Waals surface area (Å²) in [5, 5.41) is 7.16. The largest absolute Gasteiger partial charge is 0.350 e. The fraction of sp³-hybridized carbons (Fsp3) is 0.579. The molecule has 0 aliphatic carbocycles. The molecule has 3 aliphatic rings. The molecule has 0 saturated carbocycles. The first-order valence-electron chi connectivity index (χ1n) is 9.17. The van der Waals surface area contributed by atoms with Crippen LogP contribution < -0.4 is 10.6 Å². The van der Waals surface area contributed by atoms with Crippen LogP contribution in [-0.4, -0.2) is 41.9 Å². The maximum Gasteiger partial charge on any atom is 0.243 e. The summed E-state index contributed by atoms with van der Waals surface area (Å²) >= 11 is 6.01. The van der Waals surface area contributed by atoms with Gasteiger partial charge in [-0.05, 0) is 49.4 Å². The van der Waals surface area contributed by atoms with Crippen LogP contribution in [0.4, 0.5) is 0 Å². The highest BCUT2D eigenvalue weighted by atomic mass is 35.5. The predicted molar refractivity (Wildman–Crippen MR) is 96.0 cm³/mol. The van der Waals surface area contributed by atoms with Crippen molar-refractivity contribution in [3.05, 3.63) is 34.9 Å². The summed E-state index contributed by atoms with van der Waals surface area (Å²) in [5.74, 6) is 0.805. The maximum atomic E-state index is 13.0. The summed E-state index contributed by atoms with van der Waals surface area (Å²) in [4.78, 5) is 27.5. The summed E-state index contributed by atoms with van der Waals surface area (Å²) in [5.41, 5.74) is 0.970. The zero-order chi connectivity index (χ0) is 17.4. The number of fused-ring (bicyclic) bond motifs is 4. The Labute approximate surface area is 153 Å². The number of nitrogens with zero attached hydrogens (tertiary/aromatic N) is 1. The maximum absolute atomic E-state index is 13.0. The van der Waals surface area contributed by atoms with Gasteiger partial charge in [-0.25, -0.2) is 0 Å². The molecule has 6 heteroatoms. The van der Waals surface area contributed by atoms with Crippen molar-refractivity contribution in [1.29, 1.82) is 0 Å². The van der Waals surface area contributed by atoms with E-state index in [1.165, 1.54) is 0 Å². The van der Waals surface area contributed by atoms with E-state index < -0.39 is 0 Å². The second kappa shape index (κ2) is 6.96. The number of halogens is 1. The molecule has 25 heavy (non-hydrogen) atoms. The number of nitrogens with one attached hydrogen (secondary N) is 2. The molecule has 134 valence electrons. The van der Waals surface area contributed by atoms with Gasteiger partial charge in [0.2, 0.25) is 11.8 Å². The highest BCUT2D eigenvalue weighted by molar-refractivity contribution is 6.30. The van der Waals surface area contributed by atoms with Gasteiger partial charge in [-0.1, -0.05) is 23.7 Å². The third-order valence-corrected chi connectivity index (χ3v) is 6.10. The number of carbonyl (C=O) groups excluding carboxylic acids is 2. The molecule has 0 radical (unpaired) electrons. The molecular formula is C19H24ClN3O2. The first-order valence-corrected chi connectivity index (χ1v) is 9.55. The first kappa shape index (κ1) is 16.9. The molecule has 3 aliphatic heterocycles. The molecule has 5 nitrogen and oxygen atoms in total. The Morgan fingerprint density at radius 1 is 1.32 bits per heavy atom. The molecule has 0 unspecified atom stereocenters. The second-order valence-electron chi connectivity index (χ2n) is 7.47. The number of rotatable bonds is 3. The Morgan fingerprint density at radius 2 is 2.16 bits per heavy atom. The van der Waals surface area contributed by atoms with E-state index in [0.29, 0.717) is 23.9 Å². The van der Waals surface area contributed by atoms with Crippen LogP contribution in [0.5, 0.6) is 0 Å². The topological polar surface area (TPSA) is 61.4 Å². The van der Waals surface area contributed by atoms with Gasteiger partial charge in [-0.15, -0.1) is 0 Å². The summed E-state index contributed by atoms with van der Waals surface area (Å²) in [6.45, 7) is 2.20. The lowest BCUT2D eigenvalue weighted by Crippen LogP contribution is -2.67. The zero-order valence-electron chi connectivity index (χ0n) is 14.2. The quantitative estimate of drug-likeness (QED) is 0.865. The van der Waals surface area contributed by atoms with E-state index >= 15 is 0 Å². The molecule has 1 aromatic carbocycles. The molecular weight excluding hydrogens is 338 g/mol. The van der Waals surface area contributed by atoms with Gasteiger partial charge in [0.15, 0.2) is 0 Å². The van der Waals surface area contributed by atoms with E-state index in [9.17, 15) is 9.59 Å².